The molecule has 6 nitrogen and oxygen atoms in total. The Morgan fingerprint density at radius 2 is 2.17 bits per heavy atom. The van der Waals surface area contributed by atoms with Crippen molar-refractivity contribution in [2.75, 3.05) is 7.05 Å². The van der Waals surface area contributed by atoms with Crippen molar-refractivity contribution in [2.45, 2.75) is 6.43 Å². The number of hydrogen-bond donors (Lipinski definition) is 1. The summed E-state index contributed by atoms with van der Waals surface area (Å²) in [6.45, 7) is 0. The van der Waals surface area contributed by atoms with Gasteiger partial charge < -0.3 is 9.73 Å². The van der Waals surface area contributed by atoms with Gasteiger partial charge >= 0.3 is 6.43 Å². The number of pyridine rings is 1. The van der Waals surface area contributed by atoms with E-state index < -0.39 is 12.3 Å². The van der Waals surface area contributed by atoms with Crippen molar-refractivity contribution in [3.8, 4) is 11.5 Å². The molecule has 18 heavy (non-hydrogen) atoms. The Kier molecular flexibility index (Phi) is 3.26. The summed E-state index contributed by atoms with van der Waals surface area (Å²) in [6.07, 6.45) is -1.52. The van der Waals surface area contributed by atoms with E-state index in [0.717, 1.165) is 0 Å². The van der Waals surface area contributed by atoms with Crippen LogP contribution >= 0.6 is 0 Å². The number of alkyl halides is 2. The first-order valence-electron chi connectivity index (χ1n) is 4.92. The molecule has 0 fully saturated rings. The van der Waals surface area contributed by atoms with Crippen molar-refractivity contribution in [1.29, 1.82) is 0 Å². The zero-order chi connectivity index (χ0) is 13.1. The largest absolute Gasteiger partial charge is 0.415 e. The molecule has 2 aromatic rings. The standard InChI is InChI=1S/C10H8F2N4O2/c1-13-8(17)6-3-2-5(4-14-6)9-15-16-10(18-9)7(11)12/h2-4,7H,1H3,(H,13,17). The quantitative estimate of drug-likeness (QED) is 0.896. The number of rotatable bonds is 3. The number of halogens is 2. The Labute approximate surface area is 100 Å². The lowest BCUT2D eigenvalue weighted by Crippen LogP contribution is -2.18. The van der Waals surface area contributed by atoms with Crippen LogP contribution in [-0.2, 0) is 0 Å². The SMILES string of the molecule is CNC(=O)c1ccc(-c2nnc(C(F)F)o2)cn1. The molecule has 0 spiro atoms. The second-order valence-corrected chi connectivity index (χ2v) is 3.26. The topological polar surface area (TPSA) is 80.9 Å². The van der Waals surface area contributed by atoms with Gasteiger partial charge in [-0.1, -0.05) is 0 Å². The lowest BCUT2D eigenvalue weighted by Gasteiger charge is -1.99. The van der Waals surface area contributed by atoms with Gasteiger partial charge in [0.15, 0.2) is 0 Å². The lowest BCUT2D eigenvalue weighted by molar-refractivity contribution is 0.0958. The van der Waals surface area contributed by atoms with Crippen molar-refractivity contribution in [3.63, 3.8) is 0 Å². The number of aromatic nitrogens is 3. The molecule has 0 unspecified atom stereocenters. The Hall–Kier alpha value is -2.38. The molecule has 0 saturated heterocycles. The van der Waals surface area contributed by atoms with Gasteiger partial charge in [0.25, 0.3) is 11.8 Å². The molecular weight excluding hydrogens is 246 g/mol. The Morgan fingerprint density at radius 3 is 2.67 bits per heavy atom. The summed E-state index contributed by atoms with van der Waals surface area (Å²) >= 11 is 0. The summed E-state index contributed by atoms with van der Waals surface area (Å²) in [4.78, 5) is 15.1. The van der Waals surface area contributed by atoms with Gasteiger partial charge in [0.1, 0.15) is 5.69 Å². The van der Waals surface area contributed by atoms with E-state index in [4.69, 9.17) is 4.42 Å². The fraction of sp³-hybridized carbons (Fsp3) is 0.200. The highest BCUT2D eigenvalue weighted by Crippen LogP contribution is 2.22. The minimum Gasteiger partial charge on any atom is -0.415 e. The van der Waals surface area contributed by atoms with Crippen molar-refractivity contribution in [3.05, 3.63) is 29.9 Å². The summed E-state index contributed by atoms with van der Waals surface area (Å²) in [5.74, 6) is -1.16. The van der Waals surface area contributed by atoms with Gasteiger partial charge in [0, 0.05) is 13.2 Å². The van der Waals surface area contributed by atoms with Crippen molar-refractivity contribution >= 4 is 5.91 Å². The number of carbonyl (C=O) groups is 1. The van der Waals surface area contributed by atoms with Gasteiger partial charge in [-0.2, -0.15) is 8.78 Å². The van der Waals surface area contributed by atoms with Gasteiger partial charge in [0.05, 0.1) is 5.56 Å². The third-order valence-corrected chi connectivity index (χ3v) is 2.10. The highest BCUT2D eigenvalue weighted by atomic mass is 19.3. The molecule has 0 aliphatic rings. The third-order valence-electron chi connectivity index (χ3n) is 2.10. The van der Waals surface area contributed by atoms with Crippen LogP contribution in [0.5, 0.6) is 0 Å². The van der Waals surface area contributed by atoms with Gasteiger partial charge in [-0.25, -0.2) is 0 Å². The Morgan fingerprint density at radius 1 is 1.39 bits per heavy atom. The highest BCUT2D eigenvalue weighted by molar-refractivity contribution is 5.92. The molecule has 0 radical (unpaired) electrons. The van der Waals surface area contributed by atoms with E-state index in [-0.39, 0.29) is 17.5 Å². The van der Waals surface area contributed by atoms with Crippen LogP contribution in [0.4, 0.5) is 8.78 Å². The second kappa shape index (κ2) is 4.86. The summed E-state index contributed by atoms with van der Waals surface area (Å²) in [5, 5.41) is 9.06. The Balaban J connectivity index is 2.25. The molecule has 0 bridgehead atoms. The van der Waals surface area contributed by atoms with Crippen LogP contribution in [0.1, 0.15) is 22.8 Å². The van der Waals surface area contributed by atoms with E-state index in [1.165, 1.54) is 25.4 Å². The van der Waals surface area contributed by atoms with E-state index in [0.29, 0.717) is 5.56 Å². The molecule has 2 heterocycles. The van der Waals surface area contributed by atoms with Gasteiger partial charge in [-0.3, -0.25) is 9.78 Å². The number of nitrogens with one attached hydrogen (secondary N) is 1. The fourth-order valence-electron chi connectivity index (χ4n) is 1.22. The number of amides is 1. The molecule has 2 aromatic heterocycles. The average Bonchev–Trinajstić information content (AvgIpc) is 2.88. The highest BCUT2D eigenvalue weighted by Gasteiger charge is 2.17. The maximum absolute atomic E-state index is 12.2. The smallest absolute Gasteiger partial charge is 0.314 e. The molecule has 0 atom stereocenters. The predicted octanol–water partition coefficient (Wildman–Crippen LogP) is 1.43. The molecule has 2 rings (SSSR count). The molecule has 1 amide bonds. The van der Waals surface area contributed by atoms with E-state index in [1.807, 2.05) is 0 Å². The first-order chi connectivity index (χ1) is 8.61. The first-order valence-corrected chi connectivity index (χ1v) is 4.92. The molecule has 0 aliphatic heterocycles. The Bertz CT molecular complexity index is 553. The van der Waals surface area contributed by atoms with Gasteiger partial charge in [-0.15, -0.1) is 10.2 Å². The second-order valence-electron chi connectivity index (χ2n) is 3.26. The van der Waals surface area contributed by atoms with Crippen molar-refractivity contribution in [2.24, 2.45) is 0 Å². The average molecular weight is 254 g/mol. The van der Waals surface area contributed by atoms with Gasteiger partial charge in [0.2, 0.25) is 5.89 Å². The molecular formula is C10H8F2N4O2. The van der Waals surface area contributed by atoms with Crippen LogP contribution in [0.25, 0.3) is 11.5 Å². The van der Waals surface area contributed by atoms with Crippen LogP contribution < -0.4 is 5.32 Å². The predicted molar refractivity (Wildman–Crippen MR) is 55.9 cm³/mol. The molecule has 0 aromatic carbocycles. The van der Waals surface area contributed by atoms with E-state index >= 15 is 0 Å². The van der Waals surface area contributed by atoms with Crippen molar-refractivity contribution < 1.29 is 18.0 Å². The fourth-order valence-corrected chi connectivity index (χ4v) is 1.22. The van der Waals surface area contributed by atoms with E-state index in [9.17, 15) is 13.6 Å². The maximum Gasteiger partial charge on any atom is 0.314 e. The molecule has 8 heteroatoms. The summed E-state index contributed by atoms with van der Waals surface area (Å²) in [6, 6.07) is 2.92. The lowest BCUT2D eigenvalue weighted by atomic mass is 10.2. The van der Waals surface area contributed by atoms with Crippen LogP contribution in [0.2, 0.25) is 0 Å². The summed E-state index contributed by atoms with van der Waals surface area (Å²) < 4.78 is 29.2. The minimum atomic E-state index is -2.82. The normalized spacial score (nSPS) is 10.7. The molecule has 0 saturated carbocycles. The van der Waals surface area contributed by atoms with Crippen LogP contribution in [0, 0.1) is 0 Å². The number of nitrogens with zero attached hydrogens (tertiary/aromatic N) is 3. The van der Waals surface area contributed by atoms with Crippen molar-refractivity contribution in [1.82, 2.24) is 20.5 Å². The zero-order valence-electron chi connectivity index (χ0n) is 9.22. The molecule has 0 aliphatic carbocycles. The summed E-state index contributed by atoms with van der Waals surface area (Å²) in [7, 11) is 1.48. The molecule has 94 valence electrons. The minimum absolute atomic E-state index is 0.0683. The van der Waals surface area contributed by atoms with Crippen LogP contribution in [0.15, 0.2) is 22.7 Å². The molecule has 1 N–H and O–H groups in total. The maximum atomic E-state index is 12.2. The number of hydrogen-bond acceptors (Lipinski definition) is 5. The monoisotopic (exact) mass is 254 g/mol. The third kappa shape index (κ3) is 2.31. The van der Waals surface area contributed by atoms with Crippen LogP contribution in [-0.4, -0.2) is 28.1 Å². The summed E-state index contributed by atoms with van der Waals surface area (Å²) in [5.41, 5.74) is 0.567. The van der Waals surface area contributed by atoms with Crippen LogP contribution in [0.3, 0.4) is 0 Å². The van der Waals surface area contributed by atoms with E-state index in [2.05, 4.69) is 20.5 Å². The number of carbonyl (C=O) groups excluding carboxylic acids is 1. The first kappa shape index (κ1) is 12.1. The van der Waals surface area contributed by atoms with E-state index in [1.54, 1.807) is 0 Å². The zero-order valence-corrected chi connectivity index (χ0v) is 9.22. The van der Waals surface area contributed by atoms with Gasteiger partial charge in [-0.05, 0) is 12.1 Å².